The number of ether oxygens (including phenoxy) is 1. The smallest absolute Gasteiger partial charge is 0.145 e. The van der Waals surface area contributed by atoms with E-state index in [1.54, 1.807) is 12.3 Å². The van der Waals surface area contributed by atoms with Crippen LogP contribution in [0, 0.1) is 5.82 Å². The van der Waals surface area contributed by atoms with Gasteiger partial charge in [-0.2, -0.15) is 5.10 Å². The summed E-state index contributed by atoms with van der Waals surface area (Å²) in [6, 6.07) is 6.55. The van der Waals surface area contributed by atoms with Crippen LogP contribution in [0.25, 0.3) is 0 Å². The Bertz CT molecular complexity index is 687. The fourth-order valence-electron chi connectivity index (χ4n) is 3.28. The molecule has 0 spiro atoms. The molecule has 0 atom stereocenters. The van der Waals surface area contributed by atoms with Crippen molar-refractivity contribution in [3.8, 4) is 5.75 Å². The Kier molecular flexibility index (Phi) is 6.29. The number of likely N-dealkylation sites (tertiary alicyclic amines) is 1. The van der Waals surface area contributed by atoms with Gasteiger partial charge >= 0.3 is 0 Å². The summed E-state index contributed by atoms with van der Waals surface area (Å²) < 4.78 is 20.9. The van der Waals surface area contributed by atoms with Crippen molar-refractivity contribution < 1.29 is 14.2 Å². The molecule has 0 unspecified atom stereocenters. The summed E-state index contributed by atoms with van der Waals surface area (Å²) in [5, 5.41) is 13.5. The lowest BCUT2D eigenvalue weighted by Gasteiger charge is -2.32. The third kappa shape index (κ3) is 4.71. The Balaban J connectivity index is 1.43. The third-order valence-corrected chi connectivity index (χ3v) is 4.94. The summed E-state index contributed by atoms with van der Waals surface area (Å²) >= 11 is 5.66. The fraction of sp³-hybridized carbons (Fsp3) is 0.500. The molecule has 7 heteroatoms. The van der Waals surface area contributed by atoms with Gasteiger partial charge in [0, 0.05) is 30.4 Å². The monoisotopic (exact) mass is 367 g/mol. The molecule has 0 radical (unpaired) electrons. The summed E-state index contributed by atoms with van der Waals surface area (Å²) in [5.74, 6) is 0.528. The molecule has 25 heavy (non-hydrogen) atoms. The van der Waals surface area contributed by atoms with Gasteiger partial charge in [0.1, 0.15) is 18.2 Å². The summed E-state index contributed by atoms with van der Waals surface area (Å²) in [4.78, 5) is 2.36. The number of aromatic nitrogens is 2. The highest BCUT2D eigenvalue weighted by Gasteiger charge is 2.23. The Morgan fingerprint density at radius 1 is 1.24 bits per heavy atom. The number of rotatable bonds is 7. The first-order chi connectivity index (χ1) is 12.2. The average molecular weight is 368 g/mol. The number of hydrogen-bond acceptors (Lipinski definition) is 4. The van der Waals surface area contributed by atoms with Crippen molar-refractivity contribution in [1.29, 1.82) is 0 Å². The Labute approximate surface area is 152 Å². The predicted octanol–water partition coefficient (Wildman–Crippen LogP) is 2.93. The van der Waals surface area contributed by atoms with Gasteiger partial charge in [-0.25, -0.2) is 4.39 Å². The van der Waals surface area contributed by atoms with E-state index in [-0.39, 0.29) is 11.6 Å². The number of benzene rings is 1. The van der Waals surface area contributed by atoms with Gasteiger partial charge in [-0.15, -0.1) is 0 Å². The fourth-order valence-corrected chi connectivity index (χ4v) is 3.40. The topological polar surface area (TPSA) is 50.5 Å². The number of aliphatic hydroxyl groups is 1. The molecule has 1 saturated heterocycles. The van der Waals surface area contributed by atoms with Crippen LogP contribution in [0.2, 0.25) is 5.02 Å². The molecule has 0 saturated carbocycles. The van der Waals surface area contributed by atoms with E-state index in [9.17, 15) is 4.39 Å². The zero-order valence-corrected chi connectivity index (χ0v) is 14.8. The highest BCUT2D eigenvalue weighted by molar-refractivity contribution is 6.30. The van der Waals surface area contributed by atoms with Gasteiger partial charge in [-0.1, -0.05) is 11.6 Å². The average Bonchev–Trinajstić information content (AvgIpc) is 3.07. The van der Waals surface area contributed by atoms with Crippen molar-refractivity contribution >= 4 is 11.6 Å². The minimum Gasteiger partial charge on any atom is -0.492 e. The van der Waals surface area contributed by atoms with Gasteiger partial charge in [0.15, 0.2) is 0 Å². The molecule has 1 fully saturated rings. The van der Waals surface area contributed by atoms with Crippen LogP contribution in [0.15, 0.2) is 30.5 Å². The van der Waals surface area contributed by atoms with Crippen LogP contribution >= 0.6 is 11.6 Å². The van der Waals surface area contributed by atoms with Crippen molar-refractivity contribution in [1.82, 2.24) is 14.7 Å². The summed E-state index contributed by atoms with van der Waals surface area (Å²) in [5.41, 5.74) is 1.21. The van der Waals surface area contributed by atoms with Crippen molar-refractivity contribution in [2.24, 2.45) is 0 Å². The number of piperidine rings is 1. The molecule has 3 rings (SSSR count). The molecular weight excluding hydrogens is 345 g/mol. The third-order valence-electron chi connectivity index (χ3n) is 4.63. The van der Waals surface area contributed by atoms with Gasteiger partial charge in [-0.05, 0) is 44.1 Å². The zero-order valence-electron chi connectivity index (χ0n) is 14.1. The van der Waals surface area contributed by atoms with E-state index in [1.165, 1.54) is 17.8 Å². The highest BCUT2D eigenvalue weighted by atomic mass is 35.5. The number of hydrogen-bond donors (Lipinski definition) is 1. The Hall–Kier alpha value is -1.63. The first kappa shape index (κ1) is 18.2. The minimum absolute atomic E-state index is 0.106. The van der Waals surface area contributed by atoms with Crippen LogP contribution in [0.3, 0.4) is 0 Å². The highest BCUT2D eigenvalue weighted by Crippen LogP contribution is 2.27. The molecule has 1 aromatic carbocycles. The molecule has 0 bridgehead atoms. The van der Waals surface area contributed by atoms with Gasteiger partial charge in [0.25, 0.3) is 0 Å². The van der Waals surface area contributed by atoms with Gasteiger partial charge < -0.3 is 9.84 Å². The van der Waals surface area contributed by atoms with Crippen LogP contribution < -0.4 is 4.74 Å². The lowest BCUT2D eigenvalue weighted by molar-refractivity contribution is 0.170. The SMILES string of the molecule is OCCn1nccc1C1CCN(CCOc2ccc(Cl)c(F)c2)CC1. The van der Waals surface area contributed by atoms with E-state index in [2.05, 4.69) is 10.00 Å². The molecule has 1 aromatic heterocycles. The van der Waals surface area contributed by atoms with Gasteiger partial charge in [0.2, 0.25) is 0 Å². The van der Waals surface area contributed by atoms with Crippen molar-refractivity contribution in [2.45, 2.75) is 25.3 Å². The van der Waals surface area contributed by atoms with E-state index < -0.39 is 5.82 Å². The first-order valence-corrected chi connectivity index (χ1v) is 8.98. The van der Waals surface area contributed by atoms with Crippen molar-refractivity contribution in [2.75, 3.05) is 32.8 Å². The molecule has 1 N–H and O–H groups in total. The lowest BCUT2D eigenvalue weighted by atomic mass is 9.93. The second-order valence-corrected chi connectivity index (χ2v) is 6.65. The maximum absolute atomic E-state index is 13.4. The standard InChI is InChI=1S/C18H23ClFN3O2/c19-16-2-1-15(13-17(16)20)25-12-10-22-7-4-14(5-8-22)18-3-6-21-23(18)9-11-24/h1-3,6,13-14,24H,4-5,7-12H2. The van der Waals surface area contributed by atoms with Crippen LogP contribution in [-0.2, 0) is 6.54 Å². The Morgan fingerprint density at radius 2 is 2.04 bits per heavy atom. The zero-order chi connectivity index (χ0) is 17.6. The van der Waals surface area contributed by atoms with E-state index in [0.29, 0.717) is 24.8 Å². The van der Waals surface area contributed by atoms with Crippen LogP contribution in [0.4, 0.5) is 4.39 Å². The Morgan fingerprint density at radius 3 is 2.76 bits per heavy atom. The van der Waals surface area contributed by atoms with E-state index in [0.717, 1.165) is 32.5 Å². The molecule has 2 heterocycles. The van der Waals surface area contributed by atoms with E-state index >= 15 is 0 Å². The quantitative estimate of drug-likeness (QED) is 0.817. The molecule has 5 nitrogen and oxygen atoms in total. The van der Waals surface area contributed by atoms with Crippen molar-refractivity contribution in [3.63, 3.8) is 0 Å². The minimum atomic E-state index is -0.459. The number of halogens is 2. The van der Waals surface area contributed by atoms with Gasteiger partial charge in [-0.3, -0.25) is 9.58 Å². The molecule has 2 aromatic rings. The maximum atomic E-state index is 13.4. The predicted molar refractivity (Wildman–Crippen MR) is 94.6 cm³/mol. The summed E-state index contributed by atoms with van der Waals surface area (Å²) in [6.07, 6.45) is 3.93. The largest absolute Gasteiger partial charge is 0.492 e. The summed E-state index contributed by atoms with van der Waals surface area (Å²) in [7, 11) is 0. The molecular formula is C18H23ClFN3O2. The molecule has 1 aliphatic heterocycles. The second kappa shape index (κ2) is 8.65. The maximum Gasteiger partial charge on any atom is 0.145 e. The van der Waals surface area contributed by atoms with Gasteiger partial charge in [0.05, 0.1) is 18.2 Å². The number of aliphatic hydroxyl groups excluding tert-OH is 1. The number of nitrogens with zero attached hydrogens (tertiary/aromatic N) is 3. The molecule has 0 amide bonds. The summed E-state index contributed by atoms with van der Waals surface area (Å²) in [6.45, 7) is 3.98. The first-order valence-electron chi connectivity index (χ1n) is 8.60. The second-order valence-electron chi connectivity index (χ2n) is 6.24. The lowest BCUT2D eigenvalue weighted by Crippen LogP contribution is -2.36. The molecule has 0 aliphatic carbocycles. The molecule has 136 valence electrons. The molecule has 1 aliphatic rings. The van der Waals surface area contributed by atoms with Crippen LogP contribution in [0.1, 0.15) is 24.5 Å². The van der Waals surface area contributed by atoms with Crippen molar-refractivity contribution in [3.05, 3.63) is 47.0 Å². The van der Waals surface area contributed by atoms with Crippen LogP contribution in [-0.4, -0.2) is 52.6 Å². The normalized spacial score (nSPS) is 16.3. The van der Waals surface area contributed by atoms with Crippen LogP contribution in [0.5, 0.6) is 5.75 Å². The van der Waals surface area contributed by atoms with E-state index in [4.69, 9.17) is 21.4 Å². The van der Waals surface area contributed by atoms with E-state index in [1.807, 2.05) is 10.7 Å².